The molecule has 2 aromatic rings. The zero-order valence-corrected chi connectivity index (χ0v) is 12.6. The quantitative estimate of drug-likeness (QED) is 0.772. The maximum atomic E-state index is 9.85. The summed E-state index contributed by atoms with van der Waals surface area (Å²) in [6.45, 7) is 3.64. The summed E-state index contributed by atoms with van der Waals surface area (Å²) < 4.78 is 0. The predicted octanol–water partition coefficient (Wildman–Crippen LogP) is 3.10. The van der Waals surface area contributed by atoms with E-state index in [1.807, 2.05) is 13.8 Å². The van der Waals surface area contributed by atoms with Crippen molar-refractivity contribution in [3.05, 3.63) is 58.7 Å². The molecule has 0 heterocycles. The first-order valence-electron chi connectivity index (χ1n) is 7.64. The van der Waals surface area contributed by atoms with Gasteiger partial charge in [-0.1, -0.05) is 36.4 Å². The molecule has 0 saturated carbocycles. The average Bonchev–Trinajstić information content (AvgIpc) is 2.79. The Morgan fingerprint density at radius 1 is 0.905 bits per heavy atom. The predicted molar refractivity (Wildman–Crippen MR) is 85.5 cm³/mol. The molecule has 2 atom stereocenters. The summed E-state index contributed by atoms with van der Waals surface area (Å²) in [4.78, 5) is 0. The monoisotopic (exact) mass is 282 g/mol. The molecule has 0 aromatic heterocycles. The average molecular weight is 282 g/mol. The van der Waals surface area contributed by atoms with Gasteiger partial charge < -0.3 is 10.2 Å². The first-order valence-corrected chi connectivity index (χ1v) is 7.64. The summed E-state index contributed by atoms with van der Waals surface area (Å²) in [5, 5.41) is 19.6. The van der Waals surface area contributed by atoms with Crippen LogP contribution in [-0.2, 0) is 19.3 Å². The van der Waals surface area contributed by atoms with Crippen molar-refractivity contribution < 1.29 is 10.2 Å². The van der Waals surface area contributed by atoms with Crippen LogP contribution in [0.1, 0.15) is 36.1 Å². The maximum Gasteiger partial charge on any atom is 0.0552 e. The second kappa shape index (κ2) is 5.63. The van der Waals surface area contributed by atoms with Crippen molar-refractivity contribution in [2.24, 2.45) is 0 Å². The molecular formula is C19H22O2. The van der Waals surface area contributed by atoms with Crippen molar-refractivity contribution in [1.29, 1.82) is 0 Å². The Balaban J connectivity index is 2.11. The van der Waals surface area contributed by atoms with Crippen LogP contribution in [0.4, 0.5) is 0 Å². The number of hydrogen-bond donors (Lipinski definition) is 2. The van der Waals surface area contributed by atoms with Gasteiger partial charge in [0.25, 0.3) is 0 Å². The first-order chi connectivity index (χ1) is 10.1. The van der Waals surface area contributed by atoms with Crippen molar-refractivity contribution >= 4 is 0 Å². The number of fused-ring (bicyclic) bond motifs is 3. The van der Waals surface area contributed by atoms with Crippen LogP contribution in [0.3, 0.4) is 0 Å². The Morgan fingerprint density at radius 3 is 2.33 bits per heavy atom. The lowest BCUT2D eigenvalue weighted by atomic mass is 9.90. The number of rotatable bonds is 4. The fourth-order valence-corrected chi connectivity index (χ4v) is 3.38. The highest BCUT2D eigenvalue weighted by atomic mass is 16.3. The summed E-state index contributed by atoms with van der Waals surface area (Å²) in [5.74, 6) is 0. The molecule has 0 aliphatic heterocycles. The number of benzene rings is 2. The minimum atomic E-state index is -0.368. The van der Waals surface area contributed by atoms with Gasteiger partial charge in [-0.2, -0.15) is 0 Å². The normalized spacial score (nSPS) is 15.4. The number of aliphatic hydroxyl groups excluding tert-OH is 2. The van der Waals surface area contributed by atoms with Gasteiger partial charge in [0.05, 0.1) is 12.2 Å². The SMILES string of the molecule is CC(O)Cc1ccc2c(c1CC(C)O)Cc1ccccc1-2. The molecule has 2 N–H and O–H groups in total. The van der Waals surface area contributed by atoms with Crippen molar-refractivity contribution in [1.82, 2.24) is 0 Å². The lowest BCUT2D eigenvalue weighted by Crippen LogP contribution is -2.13. The summed E-state index contributed by atoms with van der Waals surface area (Å²) >= 11 is 0. The van der Waals surface area contributed by atoms with Crippen molar-refractivity contribution in [3.8, 4) is 11.1 Å². The van der Waals surface area contributed by atoms with E-state index in [2.05, 4.69) is 36.4 Å². The van der Waals surface area contributed by atoms with Gasteiger partial charge in [-0.3, -0.25) is 0 Å². The molecule has 3 rings (SSSR count). The van der Waals surface area contributed by atoms with Crippen LogP contribution in [0.25, 0.3) is 11.1 Å². The Labute approximate surface area is 126 Å². The fourth-order valence-electron chi connectivity index (χ4n) is 3.38. The van der Waals surface area contributed by atoms with Crippen molar-refractivity contribution in [2.75, 3.05) is 0 Å². The Bertz CT molecular complexity index is 657. The van der Waals surface area contributed by atoms with Crippen LogP contribution in [0.5, 0.6) is 0 Å². The number of aliphatic hydroxyl groups is 2. The lowest BCUT2D eigenvalue weighted by Gasteiger charge is -2.17. The van der Waals surface area contributed by atoms with Gasteiger partial charge >= 0.3 is 0 Å². The summed E-state index contributed by atoms with van der Waals surface area (Å²) in [7, 11) is 0. The highest BCUT2D eigenvalue weighted by molar-refractivity contribution is 5.78. The van der Waals surface area contributed by atoms with E-state index in [0.29, 0.717) is 12.8 Å². The van der Waals surface area contributed by atoms with E-state index < -0.39 is 0 Å². The Hall–Kier alpha value is -1.64. The molecule has 1 aliphatic carbocycles. The second-order valence-corrected chi connectivity index (χ2v) is 6.17. The lowest BCUT2D eigenvalue weighted by molar-refractivity contribution is 0.188. The molecule has 0 saturated heterocycles. The van der Waals surface area contributed by atoms with E-state index in [1.165, 1.54) is 27.8 Å². The van der Waals surface area contributed by atoms with Crippen LogP contribution < -0.4 is 0 Å². The molecule has 21 heavy (non-hydrogen) atoms. The van der Waals surface area contributed by atoms with Crippen LogP contribution in [0.2, 0.25) is 0 Å². The molecule has 1 aliphatic rings. The molecule has 0 spiro atoms. The summed E-state index contributed by atoms with van der Waals surface area (Å²) in [6.07, 6.45) is 1.50. The molecule has 0 radical (unpaired) electrons. The molecule has 2 unspecified atom stereocenters. The van der Waals surface area contributed by atoms with E-state index in [1.54, 1.807) is 0 Å². The van der Waals surface area contributed by atoms with Gasteiger partial charge in [-0.05, 0) is 66.5 Å². The minimum absolute atomic E-state index is 0.362. The molecular weight excluding hydrogens is 260 g/mol. The van der Waals surface area contributed by atoms with Crippen LogP contribution in [0, 0.1) is 0 Å². The highest BCUT2D eigenvalue weighted by Gasteiger charge is 2.23. The van der Waals surface area contributed by atoms with Gasteiger partial charge in [-0.15, -0.1) is 0 Å². The third-order valence-electron chi connectivity index (χ3n) is 4.22. The van der Waals surface area contributed by atoms with Gasteiger partial charge in [-0.25, -0.2) is 0 Å². The minimum Gasteiger partial charge on any atom is -0.393 e. The third kappa shape index (κ3) is 2.74. The first kappa shape index (κ1) is 14.3. The Kier molecular flexibility index (Phi) is 3.83. The van der Waals surface area contributed by atoms with Crippen LogP contribution in [0.15, 0.2) is 36.4 Å². The summed E-state index contributed by atoms with van der Waals surface area (Å²) in [6, 6.07) is 12.8. The smallest absolute Gasteiger partial charge is 0.0552 e. The molecule has 0 fully saturated rings. The molecule has 0 amide bonds. The van der Waals surface area contributed by atoms with E-state index >= 15 is 0 Å². The van der Waals surface area contributed by atoms with E-state index in [9.17, 15) is 10.2 Å². The fraction of sp³-hybridized carbons (Fsp3) is 0.368. The van der Waals surface area contributed by atoms with Crippen LogP contribution in [-0.4, -0.2) is 22.4 Å². The van der Waals surface area contributed by atoms with E-state index in [4.69, 9.17) is 0 Å². The Morgan fingerprint density at radius 2 is 1.62 bits per heavy atom. The zero-order chi connectivity index (χ0) is 15.0. The summed E-state index contributed by atoms with van der Waals surface area (Å²) in [5.41, 5.74) is 7.67. The topological polar surface area (TPSA) is 40.5 Å². The van der Waals surface area contributed by atoms with E-state index in [-0.39, 0.29) is 12.2 Å². The van der Waals surface area contributed by atoms with Gasteiger partial charge in [0.1, 0.15) is 0 Å². The third-order valence-corrected chi connectivity index (χ3v) is 4.22. The molecule has 2 aromatic carbocycles. The van der Waals surface area contributed by atoms with Gasteiger partial charge in [0.15, 0.2) is 0 Å². The molecule has 2 nitrogen and oxygen atoms in total. The highest BCUT2D eigenvalue weighted by Crippen LogP contribution is 2.39. The molecule has 110 valence electrons. The maximum absolute atomic E-state index is 9.85. The molecule has 0 bridgehead atoms. The second-order valence-electron chi connectivity index (χ2n) is 6.17. The standard InChI is InChI=1S/C19H22O2/c1-12(20)9-15-7-8-17-16-6-4-3-5-14(16)11-19(17)18(15)10-13(2)21/h3-8,12-13,20-21H,9-11H2,1-2H3. The van der Waals surface area contributed by atoms with Crippen molar-refractivity contribution in [2.45, 2.75) is 45.3 Å². The molecule has 2 heteroatoms. The number of hydrogen-bond acceptors (Lipinski definition) is 2. The largest absolute Gasteiger partial charge is 0.393 e. The van der Waals surface area contributed by atoms with Gasteiger partial charge in [0, 0.05) is 0 Å². The zero-order valence-electron chi connectivity index (χ0n) is 12.6. The van der Waals surface area contributed by atoms with Gasteiger partial charge in [0.2, 0.25) is 0 Å². The van der Waals surface area contributed by atoms with Crippen molar-refractivity contribution in [3.63, 3.8) is 0 Å². The van der Waals surface area contributed by atoms with E-state index in [0.717, 1.165) is 12.0 Å². The van der Waals surface area contributed by atoms with Crippen LogP contribution >= 0.6 is 0 Å².